The molecule has 0 aromatic heterocycles. The number of hydrogen-bond donors (Lipinski definition) is 4. The van der Waals surface area contributed by atoms with Crippen molar-refractivity contribution >= 4 is 23.0 Å². The lowest BCUT2D eigenvalue weighted by molar-refractivity contribution is 0.0994. The third-order valence-corrected chi connectivity index (χ3v) is 3.27. The molecule has 20 heavy (non-hydrogen) atoms. The Labute approximate surface area is 114 Å². The van der Waals surface area contributed by atoms with E-state index in [1.165, 1.54) is 24.1 Å². The van der Waals surface area contributed by atoms with Gasteiger partial charge in [0.2, 0.25) is 0 Å². The van der Waals surface area contributed by atoms with Gasteiger partial charge in [0.15, 0.2) is 0 Å². The number of benzene rings is 2. The Hall–Kier alpha value is -2.89. The van der Waals surface area contributed by atoms with Crippen LogP contribution < -0.4 is 10.2 Å². The van der Waals surface area contributed by atoms with Crippen molar-refractivity contribution in [2.75, 3.05) is 17.3 Å². The van der Waals surface area contributed by atoms with Crippen molar-refractivity contribution in [3.63, 3.8) is 0 Å². The fourth-order valence-corrected chi connectivity index (χ4v) is 2.25. The molecule has 0 fully saturated rings. The predicted molar refractivity (Wildman–Crippen MR) is 73.9 cm³/mol. The largest absolute Gasteiger partial charge is 0.508 e. The Bertz CT molecular complexity index is 727. The molecular formula is C14H12N2O4. The molecule has 0 aliphatic carbocycles. The molecule has 6 heteroatoms. The molecule has 0 spiro atoms. The van der Waals surface area contributed by atoms with E-state index >= 15 is 0 Å². The van der Waals surface area contributed by atoms with Crippen LogP contribution in [0.3, 0.4) is 0 Å². The number of amides is 1. The van der Waals surface area contributed by atoms with E-state index in [9.17, 15) is 20.1 Å². The highest BCUT2D eigenvalue weighted by molar-refractivity contribution is 6.14. The molecule has 0 radical (unpaired) electrons. The van der Waals surface area contributed by atoms with Crippen molar-refractivity contribution in [2.45, 2.75) is 0 Å². The first kappa shape index (κ1) is 12.2. The molecule has 1 aliphatic rings. The van der Waals surface area contributed by atoms with Crippen molar-refractivity contribution in [3.05, 3.63) is 35.9 Å². The van der Waals surface area contributed by atoms with E-state index in [0.29, 0.717) is 5.69 Å². The Balaban J connectivity index is 2.31. The Morgan fingerprint density at radius 2 is 1.80 bits per heavy atom. The third kappa shape index (κ3) is 1.62. The van der Waals surface area contributed by atoms with Crippen molar-refractivity contribution in [2.24, 2.45) is 0 Å². The highest BCUT2D eigenvalue weighted by atomic mass is 16.3. The number of aromatic hydroxyl groups is 3. The summed E-state index contributed by atoms with van der Waals surface area (Å²) < 4.78 is 0. The smallest absolute Gasteiger partial charge is 0.260 e. The highest BCUT2D eigenvalue weighted by Gasteiger charge is 2.27. The fourth-order valence-electron chi connectivity index (χ4n) is 2.25. The highest BCUT2D eigenvalue weighted by Crippen LogP contribution is 2.45. The number of phenols is 3. The van der Waals surface area contributed by atoms with Crippen LogP contribution in [0.25, 0.3) is 0 Å². The van der Waals surface area contributed by atoms with Gasteiger partial charge in [0.25, 0.3) is 5.91 Å². The van der Waals surface area contributed by atoms with E-state index < -0.39 is 0 Å². The molecule has 1 aliphatic heterocycles. The van der Waals surface area contributed by atoms with E-state index in [-0.39, 0.29) is 40.1 Å². The molecule has 0 atom stereocenters. The number of fused-ring (bicyclic) bond motifs is 2. The zero-order valence-electron chi connectivity index (χ0n) is 10.6. The Kier molecular flexibility index (Phi) is 2.47. The molecule has 6 nitrogen and oxygen atoms in total. The van der Waals surface area contributed by atoms with Crippen molar-refractivity contribution in [1.82, 2.24) is 0 Å². The SMILES string of the molecule is CN1C(=O)c2cccc(O)c2Nc2c(O)cc(O)cc21. The molecule has 0 bridgehead atoms. The number of hydrogen-bond acceptors (Lipinski definition) is 5. The van der Waals surface area contributed by atoms with E-state index in [0.717, 1.165) is 6.07 Å². The second-order valence-electron chi connectivity index (χ2n) is 4.55. The average molecular weight is 272 g/mol. The van der Waals surface area contributed by atoms with Gasteiger partial charge in [0.05, 0.1) is 16.9 Å². The summed E-state index contributed by atoms with van der Waals surface area (Å²) in [5, 5.41) is 32.2. The minimum Gasteiger partial charge on any atom is -0.508 e. The summed E-state index contributed by atoms with van der Waals surface area (Å²) in [5.41, 5.74) is 1.08. The fraction of sp³-hybridized carbons (Fsp3) is 0.0714. The molecular weight excluding hydrogens is 260 g/mol. The first-order valence-electron chi connectivity index (χ1n) is 5.92. The third-order valence-electron chi connectivity index (χ3n) is 3.27. The van der Waals surface area contributed by atoms with E-state index in [2.05, 4.69) is 5.32 Å². The second-order valence-corrected chi connectivity index (χ2v) is 4.55. The van der Waals surface area contributed by atoms with Gasteiger partial charge in [-0.05, 0) is 12.1 Å². The van der Waals surface area contributed by atoms with Gasteiger partial charge in [-0.3, -0.25) is 4.79 Å². The first-order valence-corrected chi connectivity index (χ1v) is 5.92. The molecule has 3 rings (SSSR count). The second kappa shape index (κ2) is 4.06. The van der Waals surface area contributed by atoms with Crippen LogP contribution in [0.15, 0.2) is 30.3 Å². The Morgan fingerprint density at radius 1 is 1.05 bits per heavy atom. The van der Waals surface area contributed by atoms with Crippen LogP contribution in [0.2, 0.25) is 0 Å². The average Bonchev–Trinajstić information content (AvgIpc) is 2.50. The van der Waals surface area contributed by atoms with Crippen LogP contribution in [-0.2, 0) is 0 Å². The predicted octanol–water partition coefficient (Wildman–Crippen LogP) is 2.14. The molecule has 2 aromatic rings. The van der Waals surface area contributed by atoms with Crippen molar-refractivity contribution in [3.8, 4) is 17.2 Å². The summed E-state index contributed by atoms with van der Waals surface area (Å²) in [5.74, 6) is -0.814. The number of para-hydroxylation sites is 1. The summed E-state index contributed by atoms with van der Waals surface area (Å²) in [6.45, 7) is 0. The topological polar surface area (TPSA) is 93.0 Å². The molecule has 102 valence electrons. The number of phenolic OH excluding ortho intramolecular Hbond substituents is 3. The number of nitrogens with zero attached hydrogens (tertiary/aromatic N) is 1. The van der Waals surface area contributed by atoms with Gasteiger partial charge in [-0.2, -0.15) is 0 Å². The van der Waals surface area contributed by atoms with Crippen molar-refractivity contribution < 1.29 is 20.1 Å². The lowest BCUT2D eigenvalue weighted by Crippen LogP contribution is -2.25. The molecule has 4 N–H and O–H groups in total. The summed E-state index contributed by atoms with van der Waals surface area (Å²) in [7, 11) is 1.53. The molecule has 1 amide bonds. The number of anilines is 3. The normalized spacial score (nSPS) is 13.2. The van der Waals surface area contributed by atoms with Gasteiger partial charge in [0, 0.05) is 19.2 Å². The number of nitrogens with one attached hydrogen (secondary N) is 1. The van der Waals surface area contributed by atoms with E-state index in [4.69, 9.17) is 0 Å². The van der Waals surface area contributed by atoms with Crippen LogP contribution >= 0.6 is 0 Å². The van der Waals surface area contributed by atoms with Crippen LogP contribution in [0, 0.1) is 0 Å². The van der Waals surface area contributed by atoms with Crippen LogP contribution in [-0.4, -0.2) is 28.3 Å². The summed E-state index contributed by atoms with van der Waals surface area (Å²) >= 11 is 0. The summed E-state index contributed by atoms with van der Waals surface area (Å²) in [6.07, 6.45) is 0. The maximum atomic E-state index is 12.4. The standard InChI is InChI=1S/C14H12N2O4/c1-16-9-5-7(17)6-11(19)13(9)15-12-8(14(16)20)3-2-4-10(12)18/h2-6,15,17-19H,1H3. The molecule has 2 aromatic carbocycles. The van der Waals surface area contributed by atoms with Gasteiger partial charge in [-0.1, -0.05) is 6.07 Å². The Morgan fingerprint density at radius 3 is 2.55 bits per heavy atom. The van der Waals surface area contributed by atoms with Gasteiger partial charge < -0.3 is 25.5 Å². The van der Waals surface area contributed by atoms with Gasteiger partial charge in [0.1, 0.15) is 22.9 Å². The minimum absolute atomic E-state index is 0.0930. The maximum Gasteiger partial charge on any atom is 0.260 e. The quantitative estimate of drug-likeness (QED) is 0.435. The minimum atomic E-state index is -0.354. The van der Waals surface area contributed by atoms with Crippen LogP contribution in [0.5, 0.6) is 17.2 Å². The van der Waals surface area contributed by atoms with Crippen LogP contribution in [0.1, 0.15) is 10.4 Å². The molecule has 1 heterocycles. The number of carbonyl (C=O) groups is 1. The van der Waals surface area contributed by atoms with Crippen molar-refractivity contribution in [1.29, 1.82) is 0 Å². The lowest BCUT2D eigenvalue weighted by Gasteiger charge is -2.18. The molecule has 0 saturated carbocycles. The zero-order valence-corrected chi connectivity index (χ0v) is 10.6. The lowest BCUT2D eigenvalue weighted by atomic mass is 10.1. The number of carbonyl (C=O) groups excluding carboxylic acids is 1. The monoisotopic (exact) mass is 272 g/mol. The van der Waals surface area contributed by atoms with Gasteiger partial charge in [-0.25, -0.2) is 0 Å². The van der Waals surface area contributed by atoms with Gasteiger partial charge in [-0.15, -0.1) is 0 Å². The summed E-state index contributed by atoms with van der Waals surface area (Å²) in [6, 6.07) is 7.11. The molecule has 0 unspecified atom stereocenters. The number of rotatable bonds is 0. The maximum absolute atomic E-state index is 12.4. The first-order chi connectivity index (χ1) is 9.49. The van der Waals surface area contributed by atoms with E-state index in [1.807, 2.05) is 0 Å². The zero-order chi connectivity index (χ0) is 14.4. The summed E-state index contributed by atoms with van der Waals surface area (Å²) in [4.78, 5) is 13.7. The van der Waals surface area contributed by atoms with E-state index in [1.54, 1.807) is 12.1 Å². The van der Waals surface area contributed by atoms with Crippen LogP contribution in [0.4, 0.5) is 17.1 Å². The van der Waals surface area contributed by atoms with Gasteiger partial charge >= 0.3 is 0 Å². The molecule has 0 saturated heterocycles.